The lowest BCUT2D eigenvalue weighted by Crippen LogP contribution is -2.85. The molecule has 0 radical (unpaired) electrons. The smallest absolute Gasteiger partial charge is 0.287 e. The summed E-state index contributed by atoms with van der Waals surface area (Å²) < 4.78 is 10.9. The van der Waals surface area contributed by atoms with Gasteiger partial charge in [-0.2, -0.15) is 0 Å². The highest BCUT2D eigenvalue weighted by molar-refractivity contribution is 5.95. The molecule has 0 saturated heterocycles. The van der Waals surface area contributed by atoms with Gasteiger partial charge in [-0.25, -0.2) is 0 Å². The number of amides is 1. The largest absolute Gasteiger partial charge is 0.496 e. The van der Waals surface area contributed by atoms with E-state index in [1.54, 1.807) is 14.2 Å². The van der Waals surface area contributed by atoms with E-state index in [1.165, 1.54) is 0 Å². The van der Waals surface area contributed by atoms with Crippen molar-refractivity contribution in [3.8, 4) is 11.5 Å². The summed E-state index contributed by atoms with van der Waals surface area (Å²) in [5, 5.41) is 5.06. The van der Waals surface area contributed by atoms with Crippen LogP contribution in [0.15, 0.2) is 72.8 Å². The van der Waals surface area contributed by atoms with Crippen LogP contribution < -0.4 is 20.1 Å². The Morgan fingerprint density at radius 1 is 0.931 bits per heavy atom. The lowest BCUT2D eigenvalue weighted by Gasteiger charge is -2.18. The fourth-order valence-corrected chi connectivity index (χ4v) is 3.30. The molecule has 1 atom stereocenters. The zero-order chi connectivity index (χ0) is 20.6. The molecule has 0 fully saturated rings. The molecular weight excluding hydrogens is 364 g/mol. The molecule has 3 aromatic rings. The summed E-state index contributed by atoms with van der Waals surface area (Å²) in [6.07, 6.45) is 0. The molecule has 0 aliphatic rings. The van der Waals surface area contributed by atoms with E-state index in [0.29, 0.717) is 18.0 Å². The summed E-state index contributed by atoms with van der Waals surface area (Å²) >= 11 is 0. The lowest BCUT2D eigenvalue weighted by molar-refractivity contribution is -0.697. The van der Waals surface area contributed by atoms with Crippen molar-refractivity contribution in [1.29, 1.82) is 0 Å². The van der Waals surface area contributed by atoms with E-state index in [4.69, 9.17) is 9.47 Å². The highest BCUT2D eigenvalue weighted by Crippen LogP contribution is 2.26. The number of nitrogens with two attached hydrogens (primary N) is 1. The molecule has 0 spiro atoms. The number of quaternary nitrogens is 1. The molecule has 0 aliphatic carbocycles. The minimum atomic E-state index is -0.411. The van der Waals surface area contributed by atoms with Crippen LogP contribution in [-0.2, 0) is 11.3 Å². The molecule has 150 valence electrons. The average molecular weight is 391 g/mol. The predicted molar refractivity (Wildman–Crippen MR) is 114 cm³/mol. The molecule has 3 aromatic carbocycles. The molecule has 0 aliphatic heterocycles. The molecule has 1 amide bonds. The molecule has 0 heterocycles. The molecule has 0 saturated carbocycles. The number of aryl methyl sites for hydroxylation is 1. The van der Waals surface area contributed by atoms with Crippen molar-refractivity contribution in [2.75, 3.05) is 19.5 Å². The van der Waals surface area contributed by atoms with Gasteiger partial charge in [-0.3, -0.25) is 4.79 Å². The second-order valence-corrected chi connectivity index (χ2v) is 6.83. The number of anilines is 1. The summed E-state index contributed by atoms with van der Waals surface area (Å²) in [5.41, 5.74) is 3.70. The highest BCUT2D eigenvalue weighted by atomic mass is 16.5. The third-order valence-corrected chi connectivity index (χ3v) is 4.82. The van der Waals surface area contributed by atoms with Gasteiger partial charge < -0.3 is 20.1 Å². The van der Waals surface area contributed by atoms with Crippen molar-refractivity contribution in [1.82, 2.24) is 0 Å². The van der Waals surface area contributed by atoms with Gasteiger partial charge in [-0.1, -0.05) is 48.5 Å². The summed E-state index contributed by atoms with van der Waals surface area (Å²) in [7, 11) is 3.26. The highest BCUT2D eigenvalue weighted by Gasteiger charge is 2.25. The van der Waals surface area contributed by atoms with Gasteiger partial charge in [-0.05, 0) is 36.8 Å². The van der Waals surface area contributed by atoms with Gasteiger partial charge in [0, 0.05) is 11.1 Å². The Morgan fingerprint density at radius 2 is 1.62 bits per heavy atom. The number of benzene rings is 3. The zero-order valence-electron chi connectivity index (χ0n) is 17.0. The minimum absolute atomic E-state index is 0.102. The first kappa shape index (κ1) is 20.4. The number of nitrogens with one attached hydrogen (secondary N) is 1. The topological polar surface area (TPSA) is 64.2 Å². The van der Waals surface area contributed by atoms with Crippen molar-refractivity contribution >= 4 is 11.6 Å². The number of hydrogen-bond donors (Lipinski definition) is 2. The van der Waals surface area contributed by atoms with Crippen LogP contribution >= 0.6 is 0 Å². The van der Waals surface area contributed by atoms with Crippen LogP contribution in [0.5, 0.6) is 11.5 Å². The lowest BCUT2D eigenvalue weighted by atomic mass is 10.0. The molecular formula is C24H27N2O3+. The Bertz CT molecular complexity index is 957. The number of methoxy groups -OCH3 is 2. The fourth-order valence-electron chi connectivity index (χ4n) is 3.30. The molecule has 0 bridgehead atoms. The van der Waals surface area contributed by atoms with Gasteiger partial charge in [0.1, 0.15) is 18.0 Å². The van der Waals surface area contributed by atoms with Crippen molar-refractivity contribution < 1.29 is 19.6 Å². The zero-order valence-corrected chi connectivity index (χ0v) is 17.0. The van der Waals surface area contributed by atoms with E-state index < -0.39 is 6.04 Å². The molecule has 3 N–H and O–H groups in total. The first-order chi connectivity index (χ1) is 14.1. The molecule has 0 unspecified atom stereocenters. The van der Waals surface area contributed by atoms with Crippen LogP contribution in [-0.4, -0.2) is 20.1 Å². The van der Waals surface area contributed by atoms with Gasteiger partial charge in [0.2, 0.25) is 0 Å². The molecule has 5 heteroatoms. The standard InChI is InChI=1S/C24H26N2O3/c1-17-13-14-22(29-3)20(15-17)26-24(27)23(18-9-5-4-6-10-18)25-16-19-11-7-8-12-21(19)28-2/h4-15,23,25H,16H2,1-3H3,(H,26,27)/p+1/t23-/m0/s1. The van der Waals surface area contributed by atoms with Crippen molar-refractivity contribution in [2.45, 2.75) is 19.5 Å². The normalized spacial score (nSPS) is 11.6. The quantitative estimate of drug-likeness (QED) is 0.618. The van der Waals surface area contributed by atoms with E-state index in [1.807, 2.05) is 85.0 Å². The number of rotatable bonds is 8. The fraction of sp³-hybridized carbons (Fsp3) is 0.208. The Morgan fingerprint density at radius 3 is 2.34 bits per heavy atom. The molecule has 3 rings (SSSR count). The maximum atomic E-state index is 13.2. The van der Waals surface area contributed by atoms with Crippen molar-refractivity contribution in [3.05, 3.63) is 89.5 Å². The van der Waals surface area contributed by atoms with Crippen LogP contribution in [0.1, 0.15) is 22.7 Å². The third-order valence-electron chi connectivity index (χ3n) is 4.82. The summed E-state index contributed by atoms with van der Waals surface area (Å²) in [6, 6.07) is 22.9. The van der Waals surface area contributed by atoms with Gasteiger partial charge >= 0.3 is 0 Å². The van der Waals surface area contributed by atoms with E-state index >= 15 is 0 Å². The number of para-hydroxylation sites is 1. The van der Waals surface area contributed by atoms with Crippen LogP contribution in [0.3, 0.4) is 0 Å². The SMILES string of the molecule is COc1ccccc1C[NH2+][C@H](C(=O)Nc1cc(C)ccc1OC)c1ccccc1. The van der Waals surface area contributed by atoms with Crippen LogP contribution in [0, 0.1) is 6.92 Å². The molecule has 0 aromatic heterocycles. The van der Waals surface area contributed by atoms with E-state index in [9.17, 15) is 4.79 Å². The number of carbonyl (C=O) groups excluding carboxylic acids is 1. The number of carbonyl (C=O) groups is 1. The number of ether oxygens (including phenoxy) is 2. The van der Waals surface area contributed by atoms with E-state index in [2.05, 4.69) is 5.32 Å². The van der Waals surface area contributed by atoms with Gasteiger partial charge in [0.05, 0.1) is 19.9 Å². The average Bonchev–Trinajstić information content (AvgIpc) is 2.75. The van der Waals surface area contributed by atoms with Gasteiger partial charge in [0.25, 0.3) is 5.91 Å². The van der Waals surface area contributed by atoms with Crippen molar-refractivity contribution in [3.63, 3.8) is 0 Å². The Kier molecular flexibility index (Phi) is 6.87. The second-order valence-electron chi connectivity index (χ2n) is 6.83. The monoisotopic (exact) mass is 391 g/mol. The van der Waals surface area contributed by atoms with Crippen molar-refractivity contribution in [2.24, 2.45) is 0 Å². The van der Waals surface area contributed by atoms with Crippen LogP contribution in [0.4, 0.5) is 5.69 Å². The second kappa shape index (κ2) is 9.75. The summed E-state index contributed by atoms with van der Waals surface area (Å²) in [5.74, 6) is 1.35. The van der Waals surface area contributed by atoms with Crippen LogP contribution in [0.25, 0.3) is 0 Å². The Balaban J connectivity index is 1.84. The van der Waals surface area contributed by atoms with E-state index in [-0.39, 0.29) is 5.91 Å². The first-order valence-electron chi connectivity index (χ1n) is 9.58. The maximum Gasteiger partial charge on any atom is 0.287 e. The third kappa shape index (κ3) is 5.15. The Hall–Kier alpha value is -3.31. The summed E-state index contributed by atoms with van der Waals surface area (Å²) in [4.78, 5) is 13.2. The maximum absolute atomic E-state index is 13.2. The van der Waals surface area contributed by atoms with Gasteiger partial charge in [-0.15, -0.1) is 0 Å². The summed E-state index contributed by atoms with van der Waals surface area (Å²) in [6.45, 7) is 2.60. The van der Waals surface area contributed by atoms with Gasteiger partial charge in [0.15, 0.2) is 6.04 Å². The number of hydrogen-bond acceptors (Lipinski definition) is 3. The minimum Gasteiger partial charge on any atom is -0.496 e. The molecule has 5 nitrogen and oxygen atoms in total. The van der Waals surface area contributed by atoms with E-state index in [0.717, 1.165) is 22.4 Å². The van der Waals surface area contributed by atoms with Crippen LogP contribution in [0.2, 0.25) is 0 Å². The predicted octanol–water partition coefficient (Wildman–Crippen LogP) is 3.46. The Labute approximate surface area is 171 Å². The first-order valence-corrected chi connectivity index (χ1v) is 9.58. The molecule has 29 heavy (non-hydrogen) atoms.